The smallest absolute Gasteiger partial charge is 0.163 e. The lowest BCUT2D eigenvalue weighted by Gasteiger charge is -2.19. The summed E-state index contributed by atoms with van der Waals surface area (Å²) in [5.41, 5.74) is 2.18. The van der Waals surface area contributed by atoms with Crippen LogP contribution in [0.3, 0.4) is 0 Å². The van der Waals surface area contributed by atoms with Crippen LogP contribution in [0.2, 0.25) is 0 Å². The molecule has 1 heterocycles. The van der Waals surface area contributed by atoms with Crippen LogP contribution in [0.25, 0.3) is 0 Å². The first-order valence-corrected chi connectivity index (χ1v) is 6.61. The summed E-state index contributed by atoms with van der Waals surface area (Å²) in [5, 5.41) is 3.37. The van der Waals surface area contributed by atoms with Crippen molar-refractivity contribution in [3.05, 3.63) is 48.0 Å². The number of benzene rings is 2. The van der Waals surface area contributed by atoms with Gasteiger partial charge in [0.25, 0.3) is 0 Å². The van der Waals surface area contributed by atoms with Crippen LogP contribution in [-0.4, -0.2) is 20.3 Å². The van der Waals surface area contributed by atoms with Crippen LogP contribution in [0.4, 0.5) is 5.69 Å². The summed E-state index contributed by atoms with van der Waals surface area (Å²) in [4.78, 5) is 0. The van der Waals surface area contributed by atoms with Crippen LogP contribution in [0.15, 0.2) is 42.5 Å². The molecule has 0 spiro atoms. The van der Waals surface area contributed by atoms with Crippen LogP contribution in [0, 0.1) is 0 Å². The minimum Gasteiger partial charge on any atom is -0.497 e. The van der Waals surface area contributed by atoms with Gasteiger partial charge in [-0.2, -0.15) is 0 Å². The van der Waals surface area contributed by atoms with E-state index in [0.29, 0.717) is 13.2 Å². The summed E-state index contributed by atoms with van der Waals surface area (Å²) >= 11 is 0. The van der Waals surface area contributed by atoms with E-state index in [9.17, 15) is 0 Å². The van der Waals surface area contributed by atoms with Crippen molar-refractivity contribution in [2.75, 3.05) is 25.6 Å². The van der Waals surface area contributed by atoms with Crippen LogP contribution < -0.4 is 19.5 Å². The molecule has 0 bridgehead atoms. The van der Waals surface area contributed by atoms with Crippen molar-refractivity contribution >= 4 is 5.69 Å². The molecule has 4 heteroatoms. The topological polar surface area (TPSA) is 39.7 Å². The van der Waals surface area contributed by atoms with E-state index in [1.807, 2.05) is 36.4 Å². The second-order valence-electron chi connectivity index (χ2n) is 4.56. The quantitative estimate of drug-likeness (QED) is 0.927. The van der Waals surface area contributed by atoms with Crippen LogP contribution in [-0.2, 0) is 6.54 Å². The molecule has 3 rings (SSSR count). The molecule has 1 aliphatic heterocycles. The average molecular weight is 271 g/mol. The van der Waals surface area contributed by atoms with Gasteiger partial charge in [-0.25, -0.2) is 0 Å². The number of anilines is 1. The normalized spacial score (nSPS) is 12.8. The van der Waals surface area contributed by atoms with Gasteiger partial charge in [0.2, 0.25) is 0 Å². The van der Waals surface area contributed by atoms with Crippen LogP contribution in [0.5, 0.6) is 17.2 Å². The number of hydrogen-bond acceptors (Lipinski definition) is 4. The summed E-state index contributed by atoms with van der Waals surface area (Å²) in [7, 11) is 1.67. The Bertz CT molecular complexity index is 598. The van der Waals surface area contributed by atoms with E-state index >= 15 is 0 Å². The summed E-state index contributed by atoms with van der Waals surface area (Å²) in [5.74, 6) is 2.47. The largest absolute Gasteiger partial charge is 0.497 e. The van der Waals surface area contributed by atoms with Gasteiger partial charge in [0.05, 0.1) is 7.11 Å². The fourth-order valence-electron chi connectivity index (χ4n) is 2.14. The van der Waals surface area contributed by atoms with Crippen molar-refractivity contribution in [2.24, 2.45) is 0 Å². The van der Waals surface area contributed by atoms with Crippen LogP contribution >= 0.6 is 0 Å². The zero-order valence-electron chi connectivity index (χ0n) is 11.4. The third-order valence-corrected chi connectivity index (χ3v) is 3.17. The predicted octanol–water partition coefficient (Wildman–Crippen LogP) is 3.08. The molecule has 0 fully saturated rings. The molecule has 20 heavy (non-hydrogen) atoms. The third-order valence-electron chi connectivity index (χ3n) is 3.17. The van der Waals surface area contributed by atoms with Crippen molar-refractivity contribution in [3.63, 3.8) is 0 Å². The second-order valence-corrected chi connectivity index (χ2v) is 4.56. The Labute approximate surface area is 118 Å². The maximum Gasteiger partial charge on any atom is 0.163 e. The molecular weight excluding hydrogens is 254 g/mol. The molecule has 2 aromatic carbocycles. The third kappa shape index (κ3) is 2.79. The first-order chi connectivity index (χ1) is 9.85. The fraction of sp³-hybridized carbons (Fsp3) is 0.250. The van der Waals surface area contributed by atoms with Gasteiger partial charge < -0.3 is 19.5 Å². The molecule has 0 radical (unpaired) electrons. The van der Waals surface area contributed by atoms with E-state index in [2.05, 4.69) is 11.4 Å². The van der Waals surface area contributed by atoms with Crippen molar-refractivity contribution in [2.45, 2.75) is 6.54 Å². The van der Waals surface area contributed by atoms with E-state index in [-0.39, 0.29) is 0 Å². The number of hydrogen-bond donors (Lipinski definition) is 1. The SMILES string of the molecule is COc1cccc(CNc2ccc3c(c2)OCCO3)c1. The molecule has 0 aromatic heterocycles. The van der Waals surface area contributed by atoms with Crippen molar-refractivity contribution in [1.29, 1.82) is 0 Å². The number of nitrogens with one attached hydrogen (secondary N) is 1. The van der Waals surface area contributed by atoms with Gasteiger partial charge in [-0.15, -0.1) is 0 Å². The summed E-state index contributed by atoms with van der Waals surface area (Å²) in [6, 6.07) is 13.9. The number of rotatable bonds is 4. The fourth-order valence-corrected chi connectivity index (χ4v) is 2.14. The monoisotopic (exact) mass is 271 g/mol. The van der Waals surface area contributed by atoms with Crippen molar-refractivity contribution < 1.29 is 14.2 Å². The lowest BCUT2D eigenvalue weighted by atomic mass is 10.2. The van der Waals surface area contributed by atoms with E-state index < -0.39 is 0 Å². The van der Waals surface area contributed by atoms with Gasteiger partial charge in [-0.3, -0.25) is 0 Å². The number of methoxy groups -OCH3 is 1. The highest BCUT2D eigenvalue weighted by atomic mass is 16.6. The standard InChI is InChI=1S/C16H17NO3/c1-18-14-4-2-3-12(9-14)11-17-13-5-6-15-16(10-13)20-8-7-19-15/h2-6,9-10,17H,7-8,11H2,1H3. The Morgan fingerprint density at radius 1 is 1.05 bits per heavy atom. The molecule has 1 aliphatic rings. The second kappa shape index (κ2) is 5.74. The lowest BCUT2D eigenvalue weighted by Crippen LogP contribution is -2.15. The van der Waals surface area contributed by atoms with E-state index in [0.717, 1.165) is 29.5 Å². The number of ether oxygens (including phenoxy) is 3. The molecule has 104 valence electrons. The molecule has 0 amide bonds. The molecule has 4 nitrogen and oxygen atoms in total. The van der Waals surface area contributed by atoms with Gasteiger partial charge in [-0.1, -0.05) is 12.1 Å². The van der Waals surface area contributed by atoms with Gasteiger partial charge in [0.15, 0.2) is 11.5 Å². The van der Waals surface area contributed by atoms with Gasteiger partial charge >= 0.3 is 0 Å². The first kappa shape index (κ1) is 12.7. The molecular formula is C16H17NO3. The Balaban J connectivity index is 1.68. The zero-order valence-corrected chi connectivity index (χ0v) is 11.4. The molecule has 0 saturated heterocycles. The Morgan fingerprint density at radius 3 is 2.75 bits per heavy atom. The lowest BCUT2D eigenvalue weighted by molar-refractivity contribution is 0.171. The van der Waals surface area contributed by atoms with E-state index in [4.69, 9.17) is 14.2 Å². The van der Waals surface area contributed by atoms with Crippen LogP contribution in [0.1, 0.15) is 5.56 Å². The summed E-state index contributed by atoms with van der Waals surface area (Å²) < 4.78 is 16.3. The van der Waals surface area contributed by atoms with E-state index in [1.54, 1.807) is 7.11 Å². The van der Waals surface area contributed by atoms with Gasteiger partial charge in [0.1, 0.15) is 19.0 Å². The van der Waals surface area contributed by atoms with Gasteiger partial charge in [0, 0.05) is 18.3 Å². The highest BCUT2D eigenvalue weighted by Gasteiger charge is 2.11. The Hall–Kier alpha value is -2.36. The molecule has 2 aromatic rings. The highest BCUT2D eigenvalue weighted by molar-refractivity contribution is 5.55. The zero-order chi connectivity index (χ0) is 13.8. The summed E-state index contributed by atoms with van der Waals surface area (Å²) in [6.07, 6.45) is 0. The minimum absolute atomic E-state index is 0.604. The molecule has 1 N–H and O–H groups in total. The molecule has 0 atom stereocenters. The van der Waals surface area contributed by atoms with Crippen molar-refractivity contribution in [1.82, 2.24) is 0 Å². The summed E-state index contributed by atoms with van der Waals surface area (Å²) in [6.45, 7) is 1.95. The Kier molecular flexibility index (Phi) is 3.63. The number of fused-ring (bicyclic) bond motifs is 1. The maximum absolute atomic E-state index is 5.57. The average Bonchev–Trinajstić information content (AvgIpc) is 2.53. The molecule has 0 unspecified atom stereocenters. The molecule has 0 aliphatic carbocycles. The maximum atomic E-state index is 5.57. The van der Waals surface area contributed by atoms with Gasteiger partial charge in [-0.05, 0) is 29.8 Å². The minimum atomic E-state index is 0.604. The Morgan fingerprint density at radius 2 is 1.90 bits per heavy atom. The highest BCUT2D eigenvalue weighted by Crippen LogP contribution is 2.32. The van der Waals surface area contributed by atoms with Crippen molar-refractivity contribution in [3.8, 4) is 17.2 Å². The predicted molar refractivity (Wildman–Crippen MR) is 77.8 cm³/mol. The van der Waals surface area contributed by atoms with E-state index in [1.165, 1.54) is 5.56 Å². The first-order valence-electron chi connectivity index (χ1n) is 6.61. The molecule has 0 saturated carbocycles.